The van der Waals surface area contributed by atoms with Gasteiger partial charge in [0.2, 0.25) is 0 Å². The molecule has 1 aromatic heterocycles. The number of unbranched alkanes of at least 4 members (excludes halogenated alkanes) is 1. The van der Waals surface area contributed by atoms with Crippen LogP contribution in [0.2, 0.25) is 0 Å². The van der Waals surface area contributed by atoms with Gasteiger partial charge in [-0.1, -0.05) is 49.7 Å². The summed E-state index contributed by atoms with van der Waals surface area (Å²) in [7, 11) is 0. The Balaban J connectivity index is 1.78. The average molecular weight is 530 g/mol. The molecule has 0 aliphatic rings. The van der Waals surface area contributed by atoms with Crippen LogP contribution in [0.4, 0.5) is 0 Å². The summed E-state index contributed by atoms with van der Waals surface area (Å²) in [4.78, 5) is 28.9. The lowest BCUT2D eigenvalue weighted by atomic mass is 10.1. The van der Waals surface area contributed by atoms with Gasteiger partial charge in [-0.15, -0.1) is 0 Å². The molecule has 2 N–H and O–H groups in total. The zero-order chi connectivity index (χ0) is 23.8. The van der Waals surface area contributed by atoms with Crippen LogP contribution in [-0.4, -0.2) is 38.3 Å². The zero-order valence-electron chi connectivity index (χ0n) is 18.5. The van der Waals surface area contributed by atoms with Gasteiger partial charge in [-0.25, -0.2) is 9.78 Å². The molecule has 33 heavy (non-hydrogen) atoms. The van der Waals surface area contributed by atoms with Gasteiger partial charge in [-0.05, 0) is 52.0 Å². The number of nitrogens with one attached hydrogen (secondary N) is 1. The van der Waals surface area contributed by atoms with Crippen molar-refractivity contribution in [3.63, 3.8) is 0 Å². The molecular formula is C25H28BrN3O3S. The second-order valence-electron chi connectivity index (χ2n) is 7.94. The minimum absolute atomic E-state index is 0.105. The number of thiol groups is 1. The first-order chi connectivity index (χ1) is 15.9. The first kappa shape index (κ1) is 25.1. The number of rotatable bonds is 11. The normalized spacial score (nSPS) is 11.8. The number of hydrogen-bond acceptors (Lipinski definition) is 4. The van der Waals surface area contributed by atoms with Crippen LogP contribution in [0.15, 0.2) is 59.2 Å². The van der Waals surface area contributed by atoms with Crippen LogP contribution >= 0.6 is 28.6 Å². The molecule has 0 saturated heterocycles. The number of benzene rings is 2. The Labute approximate surface area is 208 Å². The first-order valence-corrected chi connectivity index (χ1v) is 12.4. The number of nitrogens with zero attached hydrogens (tertiary/aromatic N) is 2. The van der Waals surface area contributed by atoms with Gasteiger partial charge in [-0.2, -0.15) is 12.6 Å². The highest BCUT2D eigenvalue weighted by molar-refractivity contribution is 9.10. The van der Waals surface area contributed by atoms with E-state index in [-0.39, 0.29) is 17.5 Å². The van der Waals surface area contributed by atoms with E-state index in [4.69, 9.17) is 0 Å². The molecule has 0 aliphatic heterocycles. The van der Waals surface area contributed by atoms with E-state index in [1.165, 1.54) is 0 Å². The van der Waals surface area contributed by atoms with Crippen LogP contribution in [0, 0.1) is 0 Å². The maximum atomic E-state index is 13.0. The van der Waals surface area contributed by atoms with E-state index in [1.807, 2.05) is 34.9 Å². The Morgan fingerprint density at radius 1 is 1.18 bits per heavy atom. The van der Waals surface area contributed by atoms with Gasteiger partial charge in [0.05, 0.1) is 5.56 Å². The maximum absolute atomic E-state index is 13.0. The van der Waals surface area contributed by atoms with Gasteiger partial charge in [0.25, 0.3) is 5.91 Å². The van der Waals surface area contributed by atoms with Crippen LogP contribution in [0.5, 0.6) is 0 Å². The van der Waals surface area contributed by atoms with E-state index >= 15 is 0 Å². The number of carbonyl (C=O) groups excluding carboxylic acids is 1. The molecule has 0 aliphatic carbocycles. The number of aromatic nitrogens is 2. The Morgan fingerprint density at radius 2 is 1.94 bits per heavy atom. The minimum Gasteiger partial charge on any atom is -0.478 e. The summed E-state index contributed by atoms with van der Waals surface area (Å²) in [6.45, 7) is 2.61. The lowest BCUT2D eigenvalue weighted by molar-refractivity contribution is 0.0695. The van der Waals surface area contributed by atoms with E-state index in [0.717, 1.165) is 36.2 Å². The van der Waals surface area contributed by atoms with Gasteiger partial charge in [0.1, 0.15) is 11.5 Å². The topological polar surface area (TPSA) is 84.2 Å². The second kappa shape index (κ2) is 12.0. The summed E-state index contributed by atoms with van der Waals surface area (Å²) in [5.74, 6) is 0.163. The standard InChI is InChI=1S/C25H28BrN3O3S/c1-2-3-9-23-28-22(24(30)27-19(16-33)12-17-7-5-4-6-8-17)15-29(23)14-18-10-11-20(25(31)32)21(26)13-18/h4-8,10-11,13,15,19,33H,2-3,9,12,14,16H2,1H3,(H,27,30)(H,31,32)/t19-/m1/s1. The van der Waals surface area contributed by atoms with Crippen LogP contribution in [0.25, 0.3) is 0 Å². The minimum atomic E-state index is -0.979. The van der Waals surface area contributed by atoms with Crippen molar-refractivity contribution < 1.29 is 14.7 Å². The predicted molar refractivity (Wildman–Crippen MR) is 136 cm³/mol. The van der Waals surface area contributed by atoms with E-state index in [2.05, 4.69) is 45.8 Å². The number of imidazole rings is 1. The van der Waals surface area contributed by atoms with Gasteiger partial charge < -0.3 is 15.0 Å². The summed E-state index contributed by atoms with van der Waals surface area (Å²) in [6, 6.07) is 15.1. The summed E-state index contributed by atoms with van der Waals surface area (Å²) in [5, 5.41) is 12.3. The molecule has 2 aromatic carbocycles. The molecule has 1 atom stereocenters. The first-order valence-electron chi connectivity index (χ1n) is 10.9. The molecule has 8 heteroatoms. The summed E-state index contributed by atoms with van der Waals surface area (Å²) in [5.41, 5.74) is 2.65. The third kappa shape index (κ3) is 6.95. The van der Waals surface area contributed by atoms with Crippen LogP contribution in [0.3, 0.4) is 0 Å². The molecule has 6 nitrogen and oxygen atoms in total. The number of aryl methyl sites for hydroxylation is 1. The molecule has 1 heterocycles. The number of carboxylic acid groups (broad SMARTS) is 1. The summed E-state index contributed by atoms with van der Waals surface area (Å²) < 4.78 is 2.50. The third-order valence-corrected chi connectivity index (χ3v) is 6.44. The number of aromatic carboxylic acids is 1. The third-order valence-electron chi connectivity index (χ3n) is 5.34. The highest BCUT2D eigenvalue weighted by atomic mass is 79.9. The van der Waals surface area contributed by atoms with Crippen molar-refractivity contribution >= 4 is 40.4 Å². The molecule has 0 saturated carbocycles. The maximum Gasteiger partial charge on any atom is 0.336 e. The number of halogens is 1. The van der Waals surface area contributed by atoms with Crippen molar-refractivity contribution in [2.75, 3.05) is 5.75 Å². The molecular weight excluding hydrogens is 502 g/mol. The number of carboxylic acids is 1. The molecule has 0 spiro atoms. The SMILES string of the molecule is CCCCc1nc(C(=O)N[C@@H](CS)Cc2ccccc2)cn1Cc1ccc(C(=O)O)c(Br)c1. The van der Waals surface area contributed by atoms with E-state index in [0.29, 0.717) is 28.9 Å². The highest BCUT2D eigenvalue weighted by Crippen LogP contribution is 2.20. The Bertz CT molecular complexity index is 1100. The Morgan fingerprint density at radius 3 is 2.58 bits per heavy atom. The number of hydrogen-bond donors (Lipinski definition) is 3. The van der Waals surface area contributed by atoms with Crippen LogP contribution in [-0.2, 0) is 19.4 Å². The molecule has 0 bridgehead atoms. The van der Waals surface area contributed by atoms with Crippen LogP contribution in [0.1, 0.15) is 57.6 Å². The lowest BCUT2D eigenvalue weighted by Crippen LogP contribution is -2.38. The fourth-order valence-electron chi connectivity index (χ4n) is 3.58. The second-order valence-corrected chi connectivity index (χ2v) is 9.16. The zero-order valence-corrected chi connectivity index (χ0v) is 21.0. The largest absolute Gasteiger partial charge is 0.478 e. The van der Waals surface area contributed by atoms with Gasteiger partial charge in [-0.3, -0.25) is 4.79 Å². The van der Waals surface area contributed by atoms with Crippen molar-refractivity contribution in [2.24, 2.45) is 0 Å². The molecule has 0 fully saturated rings. The molecule has 0 radical (unpaired) electrons. The van der Waals surface area contributed by atoms with Gasteiger partial charge in [0.15, 0.2) is 0 Å². The lowest BCUT2D eigenvalue weighted by Gasteiger charge is -2.16. The smallest absolute Gasteiger partial charge is 0.336 e. The van der Waals surface area contributed by atoms with Gasteiger partial charge >= 0.3 is 5.97 Å². The Kier molecular flexibility index (Phi) is 9.14. The van der Waals surface area contributed by atoms with Crippen molar-refractivity contribution in [1.82, 2.24) is 14.9 Å². The summed E-state index contributed by atoms with van der Waals surface area (Å²) >= 11 is 7.75. The fraction of sp³-hybridized carbons (Fsp3) is 0.320. The molecule has 3 rings (SSSR count). The average Bonchev–Trinajstić information content (AvgIpc) is 3.20. The van der Waals surface area contributed by atoms with E-state index < -0.39 is 5.97 Å². The van der Waals surface area contributed by atoms with Gasteiger partial charge in [0, 0.05) is 35.4 Å². The van der Waals surface area contributed by atoms with E-state index in [9.17, 15) is 14.7 Å². The fourth-order valence-corrected chi connectivity index (χ4v) is 4.40. The van der Waals surface area contributed by atoms with Crippen molar-refractivity contribution in [1.29, 1.82) is 0 Å². The molecule has 174 valence electrons. The van der Waals surface area contributed by atoms with Crippen molar-refractivity contribution in [2.45, 2.75) is 45.2 Å². The molecule has 1 amide bonds. The highest BCUT2D eigenvalue weighted by Gasteiger charge is 2.18. The monoisotopic (exact) mass is 529 g/mol. The quantitative estimate of drug-likeness (QED) is 0.305. The Hall–Kier alpha value is -2.58. The predicted octanol–water partition coefficient (Wildman–Crippen LogP) is 5.01. The number of carbonyl (C=O) groups is 2. The van der Waals surface area contributed by atoms with Crippen molar-refractivity contribution in [3.05, 3.63) is 87.4 Å². The molecule has 3 aromatic rings. The number of amides is 1. The molecule has 0 unspecified atom stereocenters. The summed E-state index contributed by atoms with van der Waals surface area (Å²) in [6.07, 6.45) is 5.22. The van der Waals surface area contributed by atoms with Crippen molar-refractivity contribution in [3.8, 4) is 0 Å². The van der Waals surface area contributed by atoms with Crippen LogP contribution < -0.4 is 5.32 Å². The van der Waals surface area contributed by atoms with E-state index in [1.54, 1.807) is 24.4 Å².